The van der Waals surface area contributed by atoms with Crippen LogP contribution in [0.3, 0.4) is 0 Å². The minimum absolute atomic E-state index is 0.0536. The monoisotopic (exact) mass is 248 g/mol. The minimum atomic E-state index is 0.0536. The van der Waals surface area contributed by atoms with Crippen molar-refractivity contribution in [1.29, 1.82) is 0 Å². The van der Waals surface area contributed by atoms with E-state index in [9.17, 15) is 4.79 Å². The third-order valence-corrected chi connectivity index (χ3v) is 3.05. The number of nitrogens with one attached hydrogen (secondary N) is 1. The molecule has 0 aliphatic heterocycles. The Morgan fingerprint density at radius 1 is 1.35 bits per heavy atom. The highest BCUT2D eigenvalue weighted by Gasteiger charge is 2.03. The summed E-state index contributed by atoms with van der Waals surface area (Å²) in [5, 5.41) is 12.4. The van der Waals surface area contributed by atoms with E-state index in [1.807, 2.05) is 12.1 Å². The molecule has 0 unspecified atom stereocenters. The number of carbonyl (C=O) groups is 1. The van der Waals surface area contributed by atoms with Gasteiger partial charge in [-0.1, -0.05) is 11.3 Å². The van der Waals surface area contributed by atoms with Crippen molar-refractivity contribution in [2.75, 3.05) is 5.32 Å². The van der Waals surface area contributed by atoms with Crippen LogP contribution in [0.4, 0.5) is 10.8 Å². The molecule has 0 bridgehead atoms. The zero-order chi connectivity index (χ0) is 12.3. The molecule has 3 N–H and O–H groups in total. The van der Waals surface area contributed by atoms with E-state index in [2.05, 4.69) is 15.5 Å². The summed E-state index contributed by atoms with van der Waals surface area (Å²) in [5.74, 6) is 0.0536. The van der Waals surface area contributed by atoms with Crippen LogP contribution in [0.15, 0.2) is 24.3 Å². The third-order valence-electron chi connectivity index (χ3n) is 2.18. The molecule has 1 heterocycles. The summed E-state index contributed by atoms with van der Waals surface area (Å²) in [6.45, 7) is 1.93. The van der Waals surface area contributed by atoms with Gasteiger partial charge in [-0.3, -0.25) is 4.79 Å². The number of hydrogen-bond acceptors (Lipinski definition) is 6. The fraction of sp³-hybridized carbons (Fsp3) is 0.182. The Morgan fingerprint density at radius 2 is 2.06 bits per heavy atom. The lowest BCUT2D eigenvalue weighted by Crippen LogP contribution is -1.94. The second-order valence-electron chi connectivity index (χ2n) is 3.46. The molecule has 0 spiro atoms. The number of benzene rings is 1. The standard InChI is InChI=1S/C11H12N4OS/c1-7(16)8-2-4-9(5-3-8)13-11-15-14-10(6-12)17-11/h2-5H,6,12H2,1H3,(H,13,15). The molecule has 2 rings (SSSR count). The smallest absolute Gasteiger partial charge is 0.210 e. The molecule has 1 aromatic heterocycles. The maximum absolute atomic E-state index is 11.1. The number of Topliss-reactive ketones (excluding diaryl/α,β-unsaturated/α-hetero) is 1. The van der Waals surface area contributed by atoms with Crippen molar-refractivity contribution in [3.05, 3.63) is 34.8 Å². The first-order chi connectivity index (χ1) is 8.19. The molecule has 0 saturated heterocycles. The van der Waals surface area contributed by atoms with Crippen LogP contribution in [0.2, 0.25) is 0 Å². The number of carbonyl (C=O) groups excluding carboxylic acids is 1. The first-order valence-corrected chi connectivity index (χ1v) is 5.91. The van der Waals surface area contributed by atoms with Crippen molar-refractivity contribution in [3.63, 3.8) is 0 Å². The van der Waals surface area contributed by atoms with Crippen LogP contribution in [-0.4, -0.2) is 16.0 Å². The van der Waals surface area contributed by atoms with Gasteiger partial charge in [-0.05, 0) is 31.2 Å². The van der Waals surface area contributed by atoms with Gasteiger partial charge < -0.3 is 11.1 Å². The zero-order valence-corrected chi connectivity index (χ0v) is 10.1. The van der Waals surface area contributed by atoms with E-state index in [0.717, 1.165) is 10.7 Å². The number of ketones is 1. The quantitative estimate of drug-likeness (QED) is 0.808. The normalized spacial score (nSPS) is 10.2. The van der Waals surface area contributed by atoms with E-state index in [4.69, 9.17) is 5.73 Å². The van der Waals surface area contributed by atoms with Gasteiger partial charge in [0, 0.05) is 17.8 Å². The Kier molecular flexibility index (Phi) is 3.46. The highest BCUT2D eigenvalue weighted by Crippen LogP contribution is 2.20. The summed E-state index contributed by atoms with van der Waals surface area (Å²) in [6.07, 6.45) is 0. The van der Waals surface area contributed by atoms with Crippen LogP contribution in [0, 0.1) is 0 Å². The summed E-state index contributed by atoms with van der Waals surface area (Å²) in [6, 6.07) is 7.21. The van der Waals surface area contributed by atoms with Gasteiger partial charge in [-0.25, -0.2) is 0 Å². The number of rotatable bonds is 4. The second kappa shape index (κ2) is 5.03. The predicted octanol–water partition coefficient (Wildman–Crippen LogP) is 1.94. The molecular weight excluding hydrogens is 236 g/mol. The maximum Gasteiger partial charge on any atom is 0.210 e. The van der Waals surface area contributed by atoms with Crippen LogP contribution < -0.4 is 11.1 Å². The average molecular weight is 248 g/mol. The summed E-state index contributed by atoms with van der Waals surface area (Å²) in [5.41, 5.74) is 7.01. The van der Waals surface area contributed by atoms with Crippen LogP contribution in [0.25, 0.3) is 0 Å². The molecule has 17 heavy (non-hydrogen) atoms. The van der Waals surface area contributed by atoms with E-state index < -0.39 is 0 Å². The number of aromatic nitrogens is 2. The highest BCUT2D eigenvalue weighted by atomic mass is 32.1. The largest absolute Gasteiger partial charge is 0.330 e. The zero-order valence-electron chi connectivity index (χ0n) is 9.30. The lowest BCUT2D eigenvalue weighted by molar-refractivity contribution is 0.101. The van der Waals surface area contributed by atoms with Crippen LogP contribution in [-0.2, 0) is 6.54 Å². The Balaban J connectivity index is 2.10. The summed E-state index contributed by atoms with van der Waals surface area (Å²) in [7, 11) is 0. The van der Waals surface area contributed by atoms with E-state index in [1.165, 1.54) is 11.3 Å². The molecule has 0 aliphatic rings. The molecule has 1 aromatic carbocycles. The van der Waals surface area contributed by atoms with Crippen molar-refractivity contribution < 1.29 is 4.79 Å². The van der Waals surface area contributed by atoms with E-state index >= 15 is 0 Å². The Morgan fingerprint density at radius 3 is 2.59 bits per heavy atom. The molecule has 6 heteroatoms. The Bertz CT molecular complexity index is 521. The number of nitrogens with zero attached hydrogens (tertiary/aromatic N) is 2. The Hall–Kier alpha value is -1.79. The topological polar surface area (TPSA) is 80.9 Å². The van der Waals surface area contributed by atoms with Crippen molar-refractivity contribution >= 4 is 27.9 Å². The summed E-state index contributed by atoms with van der Waals surface area (Å²) < 4.78 is 0. The molecule has 0 radical (unpaired) electrons. The van der Waals surface area contributed by atoms with Gasteiger partial charge in [0.1, 0.15) is 5.01 Å². The number of anilines is 2. The fourth-order valence-corrected chi connectivity index (χ4v) is 1.94. The maximum atomic E-state index is 11.1. The fourth-order valence-electron chi connectivity index (χ4n) is 1.30. The SMILES string of the molecule is CC(=O)c1ccc(Nc2nnc(CN)s2)cc1. The molecule has 0 amide bonds. The van der Waals surface area contributed by atoms with E-state index in [-0.39, 0.29) is 5.78 Å². The van der Waals surface area contributed by atoms with Gasteiger partial charge >= 0.3 is 0 Å². The van der Waals surface area contributed by atoms with Crippen LogP contribution in [0.5, 0.6) is 0 Å². The molecule has 0 aliphatic carbocycles. The van der Waals surface area contributed by atoms with Crippen LogP contribution >= 0.6 is 11.3 Å². The van der Waals surface area contributed by atoms with Gasteiger partial charge in [-0.15, -0.1) is 10.2 Å². The van der Waals surface area contributed by atoms with Gasteiger partial charge in [-0.2, -0.15) is 0 Å². The first kappa shape index (κ1) is 11.7. The molecule has 0 saturated carbocycles. The minimum Gasteiger partial charge on any atom is -0.330 e. The lowest BCUT2D eigenvalue weighted by atomic mass is 10.1. The first-order valence-electron chi connectivity index (χ1n) is 5.09. The van der Waals surface area contributed by atoms with Crippen molar-refractivity contribution in [1.82, 2.24) is 10.2 Å². The molecule has 88 valence electrons. The van der Waals surface area contributed by atoms with E-state index in [1.54, 1.807) is 19.1 Å². The van der Waals surface area contributed by atoms with Crippen molar-refractivity contribution in [2.45, 2.75) is 13.5 Å². The summed E-state index contributed by atoms with van der Waals surface area (Å²) >= 11 is 1.41. The van der Waals surface area contributed by atoms with E-state index in [0.29, 0.717) is 17.2 Å². The lowest BCUT2D eigenvalue weighted by Gasteiger charge is -2.02. The second-order valence-corrected chi connectivity index (χ2v) is 4.53. The Labute approximate surface area is 103 Å². The van der Waals surface area contributed by atoms with Gasteiger partial charge in [0.05, 0.1) is 0 Å². The molecule has 5 nitrogen and oxygen atoms in total. The van der Waals surface area contributed by atoms with Crippen molar-refractivity contribution in [3.8, 4) is 0 Å². The molecule has 0 fully saturated rings. The average Bonchev–Trinajstić information content (AvgIpc) is 2.77. The molecular formula is C11H12N4OS. The molecule has 0 atom stereocenters. The third kappa shape index (κ3) is 2.86. The van der Waals surface area contributed by atoms with Crippen LogP contribution in [0.1, 0.15) is 22.3 Å². The summed E-state index contributed by atoms with van der Waals surface area (Å²) in [4.78, 5) is 11.1. The highest BCUT2D eigenvalue weighted by molar-refractivity contribution is 7.15. The van der Waals surface area contributed by atoms with Gasteiger partial charge in [0.2, 0.25) is 5.13 Å². The predicted molar refractivity (Wildman–Crippen MR) is 67.5 cm³/mol. The van der Waals surface area contributed by atoms with Gasteiger partial charge in [0.15, 0.2) is 5.78 Å². The molecule has 2 aromatic rings. The van der Waals surface area contributed by atoms with Crippen molar-refractivity contribution in [2.24, 2.45) is 5.73 Å². The number of nitrogens with two attached hydrogens (primary N) is 1. The van der Waals surface area contributed by atoms with Gasteiger partial charge in [0.25, 0.3) is 0 Å². The number of hydrogen-bond donors (Lipinski definition) is 2.